The van der Waals surface area contributed by atoms with E-state index < -0.39 is 4.92 Å². The maximum atomic E-state index is 11.8. The van der Waals surface area contributed by atoms with Crippen LogP contribution in [0.5, 0.6) is 0 Å². The number of carbonyl (C=O) groups is 1. The molecule has 0 aliphatic carbocycles. The molecular weight excluding hydrogens is 352 g/mol. The largest absolute Gasteiger partial charge is 0.466 e. The minimum Gasteiger partial charge on any atom is -0.466 e. The number of nitro groups is 1. The van der Waals surface area contributed by atoms with Crippen LogP contribution in [0.1, 0.15) is 29.8 Å². The Morgan fingerprint density at radius 1 is 1.46 bits per heavy atom. The number of benzene rings is 1. The fraction of sp³-hybridized carbons (Fsp3) is 0.312. The van der Waals surface area contributed by atoms with Crippen LogP contribution in [0.25, 0.3) is 0 Å². The third-order valence-electron chi connectivity index (χ3n) is 3.32. The van der Waals surface area contributed by atoms with Gasteiger partial charge in [0, 0.05) is 17.5 Å². The minimum absolute atomic E-state index is 0.102. The van der Waals surface area contributed by atoms with Crippen LogP contribution in [0.2, 0.25) is 5.02 Å². The average molecular weight is 369 g/mol. The molecule has 0 saturated carbocycles. The van der Waals surface area contributed by atoms with E-state index in [4.69, 9.17) is 16.3 Å². The highest BCUT2D eigenvalue weighted by Crippen LogP contribution is 2.26. The Kier molecular flexibility index (Phi) is 6.72. The number of nitrogens with zero attached hydrogens (tertiary/aromatic N) is 1. The Morgan fingerprint density at radius 2 is 2.25 bits per heavy atom. The van der Waals surface area contributed by atoms with Gasteiger partial charge in [-0.15, -0.1) is 11.3 Å². The summed E-state index contributed by atoms with van der Waals surface area (Å²) in [5, 5.41) is 16.2. The molecule has 0 radical (unpaired) electrons. The van der Waals surface area contributed by atoms with E-state index in [-0.39, 0.29) is 29.1 Å². The predicted octanol–water partition coefficient (Wildman–Crippen LogP) is 4.09. The van der Waals surface area contributed by atoms with Gasteiger partial charge in [0.25, 0.3) is 5.69 Å². The monoisotopic (exact) mass is 368 g/mol. The van der Waals surface area contributed by atoms with E-state index in [0.717, 1.165) is 10.4 Å². The summed E-state index contributed by atoms with van der Waals surface area (Å²) in [7, 11) is 0. The first-order valence-corrected chi connectivity index (χ1v) is 8.62. The van der Waals surface area contributed by atoms with Crippen molar-refractivity contribution >= 4 is 34.6 Å². The number of carbonyl (C=O) groups excluding carboxylic acids is 1. The first-order chi connectivity index (χ1) is 11.5. The first-order valence-electron chi connectivity index (χ1n) is 7.36. The Morgan fingerprint density at radius 3 is 2.88 bits per heavy atom. The lowest BCUT2D eigenvalue weighted by molar-refractivity contribution is -0.384. The first kappa shape index (κ1) is 18.4. The third-order valence-corrected chi connectivity index (χ3v) is 4.63. The molecule has 0 saturated heterocycles. The molecule has 8 heteroatoms. The van der Waals surface area contributed by atoms with Crippen molar-refractivity contribution < 1.29 is 14.5 Å². The SMILES string of the molecule is CCOC(=O)CC(NCc1ccc(Cl)c([N+](=O)[O-])c1)c1cccs1. The van der Waals surface area contributed by atoms with Gasteiger partial charge in [-0.25, -0.2) is 0 Å². The Hall–Kier alpha value is -1.96. The summed E-state index contributed by atoms with van der Waals surface area (Å²) in [4.78, 5) is 23.2. The van der Waals surface area contributed by atoms with Gasteiger partial charge in [0.05, 0.1) is 24.0 Å². The van der Waals surface area contributed by atoms with Gasteiger partial charge in [-0.2, -0.15) is 0 Å². The number of nitrogens with one attached hydrogen (secondary N) is 1. The minimum atomic E-state index is -0.513. The lowest BCUT2D eigenvalue weighted by atomic mass is 10.1. The van der Waals surface area contributed by atoms with Gasteiger partial charge in [0.15, 0.2) is 0 Å². The Balaban J connectivity index is 2.09. The summed E-state index contributed by atoms with van der Waals surface area (Å²) < 4.78 is 5.01. The highest BCUT2D eigenvalue weighted by Gasteiger charge is 2.18. The molecule has 2 aromatic rings. The fourth-order valence-electron chi connectivity index (χ4n) is 2.20. The zero-order valence-electron chi connectivity index (χ0n) is 13.0. The van der Waals surface area contributed by atoms with Crippen molar-refractivity contribution in [2.24, 2.45) is 0 Å². The van der Waals surface area contributed by atoms with E-state index in [1.54, 1.807) is 13.0 Å². The van der Waals surface area contributed by atoms with E-state index in [9.17, 15) is 14.9 Å². The van der Waals surface area contributed by atoms with Gasteiger partial charge < -0.3 is 10.1 Å². The lowest BCUT2D eigenvalue weighted by Gasteiger charge is -2.17. The third kappa shape index (κ3) is 5.02. The molecule has 0 spiro atoms. The number of nitro benzene ring substituents is 1. The molecule has 24 heavy (non-hydrogen) atoms. The molecule has 1 aromatic carbocycles. The smallest absolute Gasteiger partial charge is 0.307 e. The summed E-state index contributed by atoms with van der Waals surface area (Å²) in [5.74, 6) is -0.287. The Bertz CT molecular complexity index is 706. The van der Waals surface area contributed by atoms with E-state index >= 15 is 0 Å². The molecule has 1 N–H and O–H groups in total. The fourth-order valence-corrected chi connectivity index (χ4v) is 3.19. The normalized spacial score (nSPS) is 11.9. The second-order valence-electron chi connectivity index (χ2n) is 5.00. The summed E-state index contributed by atoms with van der Waals surface area (Å²) in [6, 6.07) is 8.29. The van der Waals surface area contributed by atoms with E-state index in [1.165, 1.54) is 23.5 Å². The lowest BCUT2D eigenvalue weighted by Crippen LogP contribution is -2.23. The number of rotatable bonds is 8. The number of thiophene rings is 1. The number of esters is 1. The van der Waals surface area contributed by atoms with Crippen molar-refractivity contribution in [2.75, 3.05) is 6.61 Å². The second-order valence-corrected chi connectivity index (χ2v) is 6.39. The predicted molar refractivity (Wildman–Crippen MR) is 93.3 cm³/mol. The van der Waals surface area contributed by atoms with Gasteiger partial charge in [0.1, 0.15) is 5.02 Å². The molecule has 1 aromatic heterocycles. The summed E-state index contributed by atoms with van der Waals surface area (Å²) in [5.41, 5.74) is 0.588. The van der Waals surface area contributed by atoms with Crippen LogP contribution in [0.4, 0.5) is 5.69 Å². The topological polar surface area (TPSA) is 81.5 Å². The van der Waals surface area contributed by atoms with Crippen molar-refractivity contribution in [1.29, 1.82) is 0 Å². The van der Waals surface area contributed by atoms with Gasteiger partial charge in [-0.05, 0) is 30.0 Å². The molecule has 0 bridgehead atoms. The van der Waals surface area contributed by atoms with Gasteiger partial charge in [-0.3, -0.25) is 14.9 Å². The van der Waals surface area contributed by atoms with Crippen LogP contribution >= 0.6 is 22.9 Å². The zero-order chi connectivity index (χ0) is 17.5. The van der Waals surface area contributed by atoms with Crippen LogP contribution in [-0.2, 0) is 16.1 Å². The maximum absolute atomic E-state index is 11.8. The van der Waals surface area contributed by atoms with E-state index in [1.807, 2.05) is 17.5 Å². The molecule has 0 aliphatic heterocycles. The quantitative estimate of drug-likeness (QED) is 0.431. The van der Waals surface area contributed by atoms with Crippen molar-refractivity contribution in [2.45, 2.75) is 25.9 Å². The molecule has 1 atom stereocenters. The van der Waals surface area contributed by atoms with Gasteiger partial charge >= 0.3 is 5.97 Å². The number of hydrogen-bond donors (Lipinski definition) is 1. The summed E-state index contributed by atoms with van der Waals surface area (Å²) in [6.45, 7) is 2.47. The number of hydrogen-bond acceptors (Lipinski definition) is 6. The molecule has 128 valence electrons. The van der Waals surface area contributed by atoms with E-state index in [0.29, 0.717) is 13.2 Å². The molecule has 1 unspecified atom stereocenters. The highest BCUT2D eigenvalue weighted by atomic mass is 35.5. The van der Waals surface area contributed by atoms with Crippen molar-refractivity contribution in [1.82, 2.24) is 5.32 Å². The van der Waals surface area contributed by atoms with Gasteiger partial charge in [0.2, 0.25) is 0 Å². The highest BCUT2D eigenvalue weighted by molar-refractivity contribution is 7.10. The standard InChI is InChI=1S/C16H17ClN2O4S/c1-2-23-16(20)9-13(15-4-3-7-24-15)18-10-11-5-6-12(17)14(8-11)19(21)22/h3-8,13,18H,2,9-10H2,1H3. The Labute approximate surface area is 148 Å². The molecule has 1 heterocycles. The zero-order valence-corrected chi connectivity index (χ0v) is 14.6. The molecule has 2 rings (SSSR count). The van der Waals surface area contributed by atoms with Crippen LogP contribution in [-0.4, -0.2) is 17.5 Å². The maximum Gasteiger partial charge on any atom is 0.307 e. The number of ether oxygens (including phenoxy) is 1. The van der Waals surface area contributed by atoms with Crippen LogP contribution in [0.3, 0.4) is 0 Å². The molecule has 0 fully saturated rings. The number of halogens is 1. The van der Waals surface area contributed by atoms with Crippen molar-refractivity contribution in [3.63, 3.8) is 0 Å². The summed E-state index contributed by atoms with van der Waals surface area (Å²) >= 11 is 7.35. The molecule has 0 amide bonds. The van der Waals surface area contributed by atoms with Crippen LogP contribution < -0.4 is 5.32 Å². The molecule has 6 nitrogen and oxygen atoms in total. The van der Waals surface area contributed by atoms with Crippen molar-refractivity contribution in [3.8, 4) is 0 Å². The molecular formula is C16H17ClN2O4S. The average Bonchev–Trinajstić information content (AvgIpc) is 3.07. The van der Waals surface area contributed by atoms with Crippen LogP contribution in [0.15, 0.2) is 35.7 Å². The molecule has 0 aliphatic rings. The second kappa shape index (κ2) is 8.77. The van der Waals surface area contributed by atoms with E-state index in [2.05, 4.69) is 5.32 Å². The van der Waals surface area contributed by atoms with Crippen LogP contribution in [0, 0.1) is 10.1 Å². The van der Waals surface area contributed by atoms with Crippen molar-refractivity contribution in [3.05, 3.63) is 61.3 Å². The summed E-state index contributed by atoms with van der Waals surface area (Å²) in [6.07, 6.45) is 0.198. The van der Waals surface area contributed by atoms with Gasteiger partial charge in [-0.1, -0.05) is 23.7 Å².